The first-order valence-corrected chi connectivity index (χ1v) is 8.99. The summed E-state index contributed by atoms with van der Waals surface area (Å²) in [7, 11) is 0. The number of ether oxygens (including phenoxy) is 2. The number of aryl methyl sites for hydroxylation is 1. The fourth-order valence-corrected chi connectivity index (χ4v) is 3.01. The summed E-state index contributed by atoms with van der Waals surface area (Å²) < 4.78 is 29.9. The second-order valence-electron chi connectivity index (χ2n) is 6.38. The molecule has 0 saturated carbocycles. The molecular weight excluding hydrogens is 381 g/mol. The summed E-state index contributed by atoms with van der Waals surface area (Å²) >= 11 is 0. The minimum absolute atomic E-state index is 0.0382. The molecule has 1 fully saturated rings. The number of amides is 1. The summed E-state index contributed by atoms with van der Waals surface area (Å²) in [6.45, 7) is 2.41. The Hall–Kier alpha value is -3.40. The van der Waals surface area contributed by atoms with Crippen molar-refractivity contribution in [2.45, 2.75) is 13.0 Å². The fraction of sp³-hybridized carbons (Fsp3) is 0.316. The highest BCUT2D eigenvalue weighted by atomic mass is 19.1. The molecule has 9 nitrogen and oxygen atoms in total. The van der Waals surface area contributed by atoms with Gasteiger partial charge in [0.25, 0.3) is 5.91 Å². The van der Waals surface area contributed by atoms with Crippen molar-refractivity contribution < 1.29 is 23.2 Å². The van der Waals surface area contributed by atoms with Crippen molar-refractivity contribution in [2.75, 3.05) is 26.3 Å². The van der Waals surface area contributed by atoms with Crippen molar-refractivity contribution in [3.8, 4) is 17.1 Å². The third-order valence-corrected chi connectivity index (χ3v) is 4.42. The van der Waals surface area contributed by atoms with E-state index >= 15 is 0 Å². The molecule has 10 heteroatoms. The van der Waals surface area contributed by atoms with Crippen LogP contribution in [0.15, 0.2) is 41.3 Å². The van der Waals surface area contributed by atoms with Crippen molar-refractivity contribution in [1.29, 1.82) is 0 Å². The number of aromatic nitrogens is 4. The standard InChI is InChI=1S/C19H18FN5O4/c1-12-23-19(24-29-12)13-8-21-11-22-18(13)16-9-25(6-7-27-16)17(26)10-28-15-5-3-2-4-14(15)20/h2-5,8,11,16H,6-7,9-10H2,1H3/t16-/m1/s1. The Bertz CT molecular complexity index is 1010. The maximum absolute atomic E-state index is 13.7. The number of morpholine rings is 1. The largest absolute Gasteiger partial charge is 0.481 e. The molecule has 4 rings (SSSR count). The molecule has 150 valence electrons. The van der Waals surface area contributed by atoms with Gasteiger partial charge >= 0.3 is 0 Å². The van der Waals surface area contributed by atoms with E-state index in [0.29, 0.717) is 36.1 Å². The molecule has 0 spiro atoms. The molecule has 0 aliphatic carbocycles. The van der Waals surface area contributed by atoms with Gasteiger partial charge in [0, 0.05) is 19.7 Å². The molecule has 0 radical (unpaired) electrons. The predicted octanol–water partition coefficient (Wildman–Crippen LogP) is 1.95. The highest BCUT2D eigenvalue weighted by molar-refractivity contribution is 5.78. The van der Waals surface area contributed by atoms with Crippen molar-refractivity contribution in [2.24, 2.45) is 0 Å². The molecule has 0 N–H and O–H groups in total. The Morgan fingerprint density at radius 3 is 3.03 bits per heavy atom. The van der Waals surface area contributed by atoms with Gasteiger partial charge in [-0.15, -0.1) is 0 Å². The second-order valence-corrected chi connectivity index (χ2v) is 6.38. The first kappa shape index (κ1) is 18.9. The van der Waals surface area contributed by atoms with Gasteiger partial charge in [0.05, 0.1) is 24.4 Å². The lowest BCUT2D eigenvalue weighted by Gasteiger charge is -2.33. The van der Waals surface area contributed by atoms with Gasteiger partial charge in [0.15, 0.2) is 18.2 Å². The summed E-state index contributed by atoms with van der Waals surface area (Å²) in [5.74, 6) is 0.0273. The number of hydrogen-bond donors (Lipinski definition) is 0. The molecule has 3 aromatic rings. The molecule has 1 atom stereocenters. The Morgan fingerprint density at radius 1 is 1.38 bits per heavy atom. The zero-order valence-electron chi connectivity index (χ0n) is 15.6. The number of halogens is 1. The number of hydrogen-bond acceptors (Lipinski definition) is 8. The number of carbonyl (C=O) groups excluding carboxylic acids is 1. The normalized spacial score (nSPS) is 16.6. The maximum Gasteiger partial charge on any atom is 0.260 e. The summed E-state index contributed by atoms with van der Waals surface area (Å²) in [6.07, 6.45) is 2.49. The quantitative estimate of drug-likeness (QED) is 0.641. The van der Waals surface area contributed by atoms with Crippen LogP contribution in [0.25, 0.3) is 11.4 Å². The van der Waals surface area contributed by atoms with Crippen LogP contribution < -0.4 is 4.74 Å². The number of benzene rings is 1. The van der Waals surface area contributed by atoms with Gasteiger partial charge < -0.3 is 18.9 Å². The molecule has 29 heavy (non-hydrogen) atoms. The third kappa shape index (κ3) is 4.21. The highest BCUT2D eigenvalue weighted by Crippen LogP contribution is 2.28. The Labute approximate surface area is 165 Å². The lowest BCUT2D eigenvalue weighted by Crippen LogP contribution is -2.44. The van der Waals surface area contributed by atoms with Crippen LogP contribution >= 0.6 is 0 Å². The monoisotopic (exact) mass is 399 g/mol. The molecule has 1 aliphatic rings. The fourth-order valence-electron chi connectivity index (χ4n) is 3.01. The molecule has 3 heterocycles. The van der Waals surface area contributed by atoms with Crippen LogP contribution in [0.1, 0.15) is 17.7 Å². The molecule has 1 aliphatic heterocycles. The molecular formula is C19H18FN5O4. The van der Waals surface area contributed by atoms with Gasteiger partial charge in [-0.3, -0.25) is 4.79 Å². The third-order valence-electron chi connectivity index (χ3n) is 4.42. The van der Waals surface area contributed by atoms with Crippen LogP contribution in [0.2, 0.25) is 0 Å². The average Bonchev–Trinajstić information content (AvgIpc) is 3.19. The topological polar surface area (TPSA) is 103 Å². The molecule has 1 aromatic carbocycles. The second kappa shape index (κ2) is 8.31. The molecule has 0 bridgehead atoms. The first-order valence-electron chi connectivity index (χ1n) is 8.99. The van der Waals surface area contributed by atoms with Crippen LogP contribution in [-0.2, 0) is 9.53 Å². The molecule has 0 unspecified atom stereocenters. The van der Waals surface area contributed by atoms with E-state index in [4.69, 9.17) is 14.0 Å². The summed E-state index contributed by atoms with van der Waals surface area (Å²) in [4.78, 5) is 26.7. The van der Waals surface area contributed by atoms with Gasteiger partial charge in [-0.1, -0.05) is 17.3 Å². The van der Waals surface area contributed by atoms with Gasteiger partial charge in [-0.25, -0.2) is 14.4 Å². The molecule has 1 saturated heterocycles. The van der Waals surface area contributed by atoms with Crippen molar-refractivity contribution in [3.05, 3.63) is 54.2 Å². The summed E-state index contributed by atoms with van der Waals surface area (Å²) in [5, 5.41) is 3.91. The van der Waals surface area contributed by atoms with Crippen molar-refractivity contribution in [3.63, 3.8) is 0 Å². The van der Waals surface area contributed by atoms with Gasteiger partial charge in [-0.05, 0) is 12.1 Å². The number of nitrogens with zero attached hydrogens (tertiary/aromatic N) is 5. The smallest absolute Gasteiger partial charge is 0.260 e. The molecule has 2 aromatic heterocycles. The zero-order valence-corrected chi connectivity index (χ0v) is 15.6. The number of para-hydroxylation sites is 1. The van der Waals surface area contributed by atoms with Crippen molar-refractivity contribution in [1.82, 2.24) is 25.0 Å². The number of rotatable bonds is 5. The minimum atomic E-state index is -0.513. The van der Waals surface area contributed by atoms with E-state index in [1.165, 1.54) is 18.5 Å². The Balaban J connectivity index is 1.46. The Morgan fingerprint density at radius 2 is 2.24 bits per heavy atom. The average molecular weight is 399 g/mol. The van der Waals surface area contributed by atoms with Gasteiger partial charge in [-0.2, -0.15) is 4.98 Å². The van der Waals surface area contributed by atoms with Crippen LogP contribution in [0.3, 0.4) is 0 Å². The van der Waals surface area contributed by atoms with Crippen molar-refractivity contribution >= 4 is 5.91 Å². The van der Waals surface area contributed by atoms with E-state index in [-0.39, 0.29) is 24.8 Å². The lowest BCUT2D eigenvalue weighted by atomic mass is 10.1. The van der Waals surface area contributed by atoms with E-state index in [0.717, 1.165) is 0 Å². The first-order chi connectivity index (χ1) is 14.1. The zero-order chi connectivity index (χ0) is 20.2. The van der Waals surface area contributed by atoms with Gasteiger partial charge in [0.2, 0.25) is 11.7 Å². The van der Waals surface area contributed by atoms with Crippen LogP contribution in [-0.4, -0.2) is 57.2 Å². The minimum Gasteiger partial charge on any atom is -0.481 e. The molecule has 1 amide bonds. The van der Waals surface area contributed by atoms with Crippen LogP contribution in [0.4, 0.5) is 4.39 Å². The SMILES string of the molecule is Cc1nc(-c2cncnc2[C@H]2CN(C(=O)COc3ccccc3F)CCO2)no1. The lowest BCUT2D eigenvalue weighted by molar-refractivity contribution is -0.141. The predicted molar refractivity (Wildman–Crippen MR) is 97.2 cm³/mol. The number of carbonyl (C=O) groups is 1. The van der Waals surface area contributed by atoms with E-state index in [9.17, 15) is 9.18 Å². The van der Waals surface area contributed by atoms with Crippen LogP contribution in [0, 0.1) is 12.7 Å². The van der Waals surface area contributed by atoms with E-state index in [1.807, 2.05) is 0 Å². The Kier molecular flexibility index (Phi) is 5.43. The maximum atomic E-state index is 13.7. The highest BCUT2D eigenvalue weighted by Gasteiger charge is 2.29. The van der Waals surface area contributed by atoms with Crippen LogP contribution in [0.5, 0.6) is 5.75 Å². The van der Waals surface area contributed by atoms with E-state index in [1.54, 1.807) is 30.2 Å². The van der Waals surface area contributed by atoms with Gasteiger partial charge in [0.1, 0.15) is 12.4 Å². The van der Waals surface area contributed by atoms with E-state index < -0.39 is 11.9 Å². The summed E-state index contributed by atoms with van der Waals surface area (Å²) in [5.41, 5.74) is 1.14. The van der Waals surface area contributed by atoms with E-state index in [2.05, 4.69) is 20.1 Å². The summed E-state index contributed by atoms with van der Waals surface area (Å²) in [6, 6.07) is 5.96.